The van der Waals surface area contributed by atoms with Gasteiger partial charge in [0.25, 0.3) is 0 Å². The summed E-state index contributed by atoms with van der Waals surface area (Å²) >= 11 is 0. The van der Waals surface area contributed by atoms with Gasteiger partial charge in [-0.1, -0.05) is 0 Å². The monoisotopic (exact) mass is 222 g/mol. The lowest BCUT2D eigenvalue weighted by Crippen LogP contribution is -2.21. The summed E-state index contributed by atoms with van der Waals surface area (Å²) in [6.07, 6.45) is 8.90. The summed E-state index contributed by atoms with van der Waals surface area (Å²) in [5, 5.41) is 3.54. The fourth-order valence-corrected chi connectivity index (χ4v) is 1.87. The second-order valence-electron chi connectivity index (χ2n) is 4.80. The Labute approximate surface area is 97.8 Å². The van der Waals surface area contributed by atoms with Gasteiger partial charge in [0.15, 0.2) is 0 Å². The summed E-state index contributed by atoms with van der Waals surface area (Å²) in [5.41, 5.74) is 1.26. The van der Waals surface area contributed by atoms with Gasteiger partial charge in [0.1, 0.15) is 0 Å². The molecule has 0 atom stereocenters. The van der Waals surface area contributed by atoms with Crippen molar-refractivity contribution in [1.29, 1.82) is 0 Å². The van der Waals surface area contributed by atoms with Crippen LogP contribution in [0.3, 0.4) is 0 Å². The second-order valence-corrected chi connectivity index (χ2v) is 4.80. The van der Waals surface area contributed by atoms with E-state index in [1.54, 1.807) is 6.26 Å². The number of rotatable bonds is 8. The molecule has 1 aliphatic carbocycles. The highest BCUT2D eigenvalue weighted by molar-refractivity contribution is 5.04. The molecule has 1 fully saturated rings. The predicted molar refractivity (Wildman–Crippen MR) is 65.3 cm³/mol. The summed E-state index contributed by atoms with van der Waals surface area (Å²) in [4.78, 5) is 2.35. The first-order valence-corrected chi connectivity index (χ1v) is 6.27. The standard InChI is InChI=1S/C13H22N2O/c1-15(10-12-6-9-16-11-12)8-3-2-7-14-13-4-5-13/h6,9,11,13-14H,2-5,7-8,10H2,1H3. The molecule has 3 nitrogen and oxygen atoms in total. The van der Waals surface area contributed by atoms with Gasteiger partial charge < -0.3 is 14.6 Å². The summed E-state index contributed by atoms with van der Waals surface area (Å²) < 4.78 is 5.06. The van der Waals surface area contributed by atoms with Crippen LogP contribution in [0.2, 0.25) is 0 Å². The van der Waals surface area contributed by atoms with Crippen molar-refractivity contribution < 1.29 is 4.42 Å². The van der Waals surface area contributed by atoms with Crippen molar-refractivity contribution in [3.8, 4) is 0 Å². The largest absolute Gasteiger partial charge is 0.472 e. The van der Waals surface area contributed by atoms with E-state index in [4.69, 9.17) is 4.42 Å². The van der Waals surface area contributed by atoms with Gasteiger partial charge in [0.05, 0.1) is 12.5 Å². The molecule has 1 aliphatic rings. The van der Waals surface area contributed by atoms with Gasteiger partial charge in [0, 0.05) is 18.2 Å². The third-order valence-electron chi connectivity index (χ3n) is 3.01. The fourth-order valence-electron chi connectivity index (χ4n) is 1.87. The first-order chi connectivity index (χ1) is 7.84. The van der Waals surface area contributed by atoms with Gasteiger partial charge in [-0.3, -0.25) is 0 Å². The summed E-state index contributed by atoms with van der Waals surface area (Å²) in [6, 6.07) is 2.88. The van der Waals surface area contributed by atoms with Gasteiger partial charge in [-0.05, 0) is 51.9 Å². The zero-order chi connectivity index (χ0) is 11.2. The highest BCUT2D eigenvalue weighted by Crippen LogP contribution is 2.18. The lowest BCUT2D eigenvalue weighted by molar-refractivity contribution is 0.316. The smallest absolute Gasteiger partial charge is 0.0947 e. The molecule has 1 heterocycles. The van der Waals surface area contributed by atoms with E-state index >= 15 is 0 Å². The third kappa shape index (κ3) is 4.37. The molecule has 3 heteroatoms. The van der Waals surface area contributed by atoms with Crippen LogP contribution >= 0.6 is 0 Å². The van der Waals surface area contributed by atoms with Crippen LogP contribution < -0.4 is 5.32 Å². The molecule has 2 rings (SSSR count). The maximum atomic E-state index is 5.06. The van der Waals surface area contributed by atoms with Gasteiger partial charge in [-0.15, -0.1) is 0 Å². The minimum absolute atomic E-state index is 0.851. The number of nitrogens with zero attached hydrogens (tertiary/aromatic N) is 1. The first kappa shape index (κ1) is 11.7. The SMILES string of the molecule is CN(CCCCNC1CC1)Cc1ccoc1. The van der Waals surface area contributed by atoms with Crippen LogP contribution in [-0.2, 0) is 6.54 Å². The lowest BCUT2D eigenvalue weighted by atomic mass is 10.2. The van der Waals surface area contributed by atoms with E-state index < -0.39 is 0 Å². The Morgan fingerprint density at radius 2 is 2.31 bits per heavy atom. The Hall–Kier alpha value is -0.800. The quantitative estimate of drug-likeness (QED) is 0.684. The maximum absolute atomic E-state index is 5.06. The third-order valence-corrected chi connectivity index (χ3v) is 3.01. The van der Waals surface area contributed by atoms with Crippen molar-refractivity contribution in [2.75, 3.05) is 20.1 Å². The lowest BCUT2D eigenvalue weighted by Gasteiger charge is -2.15. The number of furan rings is 1. The summed E-state index contributed by atoms with van der Waals surface area (Å²) in [7, 11) is 2.17. The van der Waals surface area contributed by atoms with Crippen molar-refractivity contribution in [2.24, 2.45) is 0 Å². The van der Waals surface area contributed by atoms with E-state index in [-0.39, 0.29) is 0 Å². The average molecular weight is 222 g/mol. The molecule has 1 aromatic rings. The van der Waals surface area contributed by atoms with Crippen LogP contribution in [0.5, 0.6) is 0 Å². The summed E-state index contributed by atoms with van der Waals surface area (Å²) in [5.74, 6) is 0. The molecule has 0 radical (unpaired) electrons. The fraction of sp³-hybridized carbons (Fsp3) is 0.692. The van der Waals surface area contributed by atoms with Crippen LogP contribution in [-0.4, -0.2) is 31.1 Å². The topological polar surface area (TPSA) is 28.4 Å². The van der Waals surface area contributed by atoms with Crippen LogP contribution in [0, 0.1) is 0 Å². The van der Waals surface area contributed by atoms with Crippen molar-refractivity contribution in [2.45, 2.75) is 38.3 Å². The second kappa shape index (κ2) is 6.06. The van der Waals surface area contributed by atoms with Gasteiger partial charge in [-0.2, -0.15) is 0 Å². The highest BCUT2D eigenvalue weighted by atomic mass is 16.3. The van der Waals surface area contributed by atoms with E-state index in [1.807, 2.05) is 12.3 Å². The van der Waals surface area contributed by atoms with E-state index in [1.165, 1.54) is 37.8 Å². The predicted octanol–water partition coefficient (Wildman–Crippen LogP) is 2.24. The van der Waals surface area contributed by atoms with Crippen molar-refractivity contribution >= 4 is 0 Å². The molecular weight excluding hydrogens is 200 g/mol. The van der Waals surface area contributed by atoms with Crippen LogP contribution in [0.4, 0.5) is 0 Å². The zero-order valence-electron chi connectivity index (χ0n) is 10.1. The van der Waals surface area contributed by atoms with Crippen LogP contribution in [0.1, 0.15) is 31.2 Å². The van der Waals surface area contributed by atoms with E-state index in [0.29, 0.717) is 0 Å². The van der Waals surface area contributed by atoms with E-state index in [2.05, 4.69) is 17.3 Å². The normalized spacial score (nSPS) is 15.9. The number of nitrogens with one attached hydrogen (secondary N) is 1. The van der Waals surface area contributed by atoms with Crippen molar-refractivity contribution in [3.63, 3.8) is 0 Å². The van der Waals surface area contributed by atoms with Crippen molar-refractivity contribution in [3.05, 3.63) is 24.2 Å². The highest BCUT2D eigenvalue weighted by Gasteiger charge is 2.19. The molecule has 0 bridgehead atoms. The molecule has 90 valence electrons. The Balaban J connectivity index is 1.48. The molecule has 0 spiro atoms. The molecule has 1 aromatic heterocycles. The molecule has 1 saturated carbocycles. The molecule has 16 heavy (non-hydrogen) atoms. The first-order valence-electron chi connectivity index (χ1n) is 6.27. The molecule has 0 aliphatic heterocycles. The van der Waals surface area contributed by atoms with Crippen molar-refractivity contribution in [1.82, 2.24) is 10.2 Å². The van der Waals surface area contributed by atoms with E-state index in [0.717, 1.165) is 19.1 Å². The Morgan fingerprint density at radius 3 is 3.00 bits per heavy atom. The summed E-state index contributed by atoms with van der Waals surface area (Å²) in [6.45, 7) is 3.34. The number of unbranched alkanes of at least 4 members (excludes halogenated alkanes) is 1. The van der Waals surface area contributed by atoms with E-state index in [9.17, 15) is 0 Å². The minimum Gasteiger partial charge on any atom is -0.472 e. The molecule has 1 N–H and O–H groups in total. The molecule has 0 unspecified atom stereocenters. The molecule has 0 amide bonds. The Kier molecular flexibility index (Phi) is 4.43. The van der Waals surface area contributed by atoms with Gasteiger partial charge >= 0.3 is 0 Å². The number of hydrogen-bond donors (Lipinski definition) is 1. The Morgan fingerprint density at radius 1 is 1.44 bits per heavy atom. The van der Waals surface area contributed by atoms with Gasteiger partial charge in [-0.25, -0.2) is 0 Å². The van der Waals surface area contributed by atoms with Gasteiger partial charge in [0.2, 0.25) is 0 Å². The average Bonchev–Trinajstić information content (AvgIpc) is 2.95. The molecule has 0 saturated heterocycles. The Bertz CT molecular complexity index is 280. The molecular formula is C13H22N2O. The van der Waals surface area contributed by atoms with Crippen LogP contribution in [0.25, 0.3) is 0 Å². The maximum Gasteiger partial charge on any atom is 0.0947 e. The minimum atomic E-state index is 0.851. The molecule has 0 aromatic carbocycles. The van der Waals surface area contributed by atoms with Crippen LogP contribution in [0.15, 0.2) is 23.0 Å². The number of hydrogen-bond acceptors (Lipinski definition) is 3. The zero-order valence-corrected chi connectivity index (χ0v) is 10.1.